The number of halogens is 1. The molecule has 8 nitrogen and oxygen atoms in total. The minimum Gasteiger partial charge on any atom is -0.497 e. The average molecular weight is 571 g/mol. The molecule has 1 atom stereocenters. The molecule has 0 radical (unpaired) electrons. The number of aliphatic hydroxyl groups excluding tert-OH is 1. The Kier molecular flexibility index (Phi) is 10.4. The zero-order valence-corrected chi connectivity index (χ0v) is 22.2. The van der Waals surface area contributed by atoms with Gasteiger partial charge in [-0.15, -0.1) is 24.0 Å². The van der Waals surface area contributed by atoms with Gasteiger partial charge < -0.3 is 34.3 Å². The summed E-state index contributed by atoms with van der Waals surface area (Å²) in [5, 5.41) is 14.2. The highest BCUT2D eigenvalue weighted by atomic mass is 127. The lowest BCUT2D eigenvalue weighted by Crippen LogP contribution is -2.44. The standard InChI is InChI=1S/C24H33N3O5.HI/c1-6-25-24(26-14-20(28)19-13-18(29-2)7-8-21(19)30-3)27-10-9-16-11-22(31-4)23(32-5)12-17(16)15-27;/h7-8,11-13,20,28H,6,9-10,14-15H2,1-5H3,(H,25,26);1H. The number of nitrogens with one attached hydrogen (secondary N) is 1. The molecular weight excluding hydrogens is 537 g/mol. The number of guanidine groups is 1. The third kappa shape index (κ3) is 6.35. The second-order valence-electron chi connectivity index (χ2n) is 7.47. The lowest BCUT2D eigenvalue weighted by molar-refractivity contribution is 0.181. The topological polar surface area (TPSA) is 84.8 Å². The van der Waals surface area contributed by atoms with Crippen LogP contribution in [0.25, 0.3) is 0 Å². The molecule has 0 bridgehead atoms. The lowest BCUT2D eigenvalue weighted by atomic mass is 9.99. The molecule has 2 aromatic rings. The van der Waals surface area contributed by atoms with E-state index in [0.29, 0.717) is 23.6 Å². The molecule has 1 heterocycles. The van der Waals surface area contributed by atoms with E-state index in [1.165, 1.54) is 11.1 Å². The Morgan fingerprint density at radius 2 is 1.67 bits per heavy atom. The predicted molar refractivity (Wildman–Crippen MR) is 140 cm³/mol. The summed E-state index contributed by atoms with van der Waals surface area (Å²) in [5.74, 6) is 3.49. The first-order valence-electron chi connectivity index (χ1n) is 10.7. The Hall–Kier alpha value is -2.40. The minimum absolute atomic E-state index is 0. The highest BCUT2D eigenvalue weighted by molar-refractivity contribution is 14.0. The molecule has 2 N–H and O–H groups in total. The second-order valence-corrected chi connectivity index (χ2v) is 7.47. The van der Waals surface area contributed by atoms with E-state index in [1.807, 2.05) is 19.1 Å². The third-order valence-corrected chi connectivity index (χ3v) is 5.56. The van der Waals surface area contributed by atoms with Crippen LogP contribution in [0.2, 0.25) is 0 Å². The molecular formula is C24H34IN3O5. The Bertz CT molecular complexity index is 954. The van der Waals surface area contributed by atoms with Crippen molar-refractivity contribution in [2.24, 2.45) is 4.99 Å². The Morgan fingerprint density at radius 1 is 1.00 bits per heavy atom. The summed E-state index contributed by atoms with van der Waals surface area (Å²) < 4.78 is 21.6. The van der Waals surface area contributed by atoms with E-state index in [4.69, 9.17) is 23.9 Å². The Morgan fingerprint density at radius 3 is 2.27 bits per heavy atom. The van der Waals surface area contributed by atoms with Gasteiger partial charge in [-0.25, -0.2) is 0 Å². The second kappa shape index (κ2) is 12.7. The maximum absolute atomic E-state index is 10.8. The van der Waals surface area contributed by atoms with Crippen molar-refractivity contribution in [3.05, 3.63) is 47.0 Å². The van der Waals surface area contributed by atoms with E-state index in [0.717, 1.165) is 37.0 Å². The number of fused-ring (bicyclic) bond motifs is 1. The SMILES string of the molecule is CCNC(=NCC(O)c1cc(OC)ccc1OC)N1CCc2cc(OC)c(OC)cc2C1.I. The summed E-state index contributed by atoms with van der Waals surface area (Å²) in [7, 11) is 6.47. The number of benzene rings is 2. The summed E-state index contributed by atoms with van der Waals surface area (Å²) in [6.07, 6.45) is 0.0435. The number of aliphatic hydroxyl groups is 1. The van der Waals surface area contributed by atoms with E-state index in [2.05, 4.69) is 10.2 Å². The normalized spacial score (nSPS) is 14.0. The molecule has 1 aliphatic heterocycles. The fourth-order valence-corrected chi connectivity index (χ4v) is 3.86. The molecule has 0 amide bonds. The highest BCUT2D eigenvalue weighted by Gasteiger charge is 2.22. The van der Waals surface area contributed by atoms with Crippen molar-refractivity contribution in [2.45, 2.75) is 26.0 Å². The minimum atomic E-state index is -0.824. The first-order valence-corrected chi connectivity index (χ1v) is 10.7. The molecule has 1 unspecified atom stereocenters. The molecule has 9 heteroatoms. The molecule has 0 saturated carbocycles. The van der Waals surface area contributed by atoms with Gasteiger partial charge in [-0.3, -0.25) is 4.99 Å². The molecule has 33 heavy (non-hydrogen) atoms. The number of methoxy groups -OCH3 is 4. The average Bonchev–Trinajstić information content (AvgIpc) is 2.84. The summed E-state index contributed by atoms with van der Waals surface area (Å²) in [5.41, 5.74) is 3.07. The monoisotopic (exact) mass is 571 g/mol. The maximum Gasteiger partial charge on any atom is 0.194 e. The molecule has 0 aromatic heterocycles. The van der Waals surface area contributed by atoms with E-state index in [9.17, 15) is 5.11 Å². The van der Waals surface area contributed by atoms with Crippen LogP contribution in [-0.2, 0) is 13.0 Å². The van der Waals surface area contributed by atoms with E-state index >= 15 is 0 Å². The van der Waals surface area contributed by atoms with Gasteiger partial charge in [-0.1, -0.05) is 0 Å². The van der Waals surface area contributed by atoms with Crippen molar-refractivity contribution in [2.75, 3.05) is 48.1 Å². The maximum atomic E-state index is 10.8. The number of hydrogen-bond acceptors (Lipinski definition) is 6. The zero-order chi connectivity index (χ0) is 23.1. The number of nitrogens with zero attached hydrogens (tertiary/aromatic N) is 2. The van der Waals surface area contributed by atoms with E-state index < -0.39 is 6.10 Å². The number of aliphatic imine (C=N–C) groups is 1. The fourth-order valence-electron chi connectivity index (χ4n) is 3.86. The van der Waals surface area contributed by atoms with Gasteiger partial charge in [-0.05, 0) is 54.8 Å². The Labute approximate surface area is 212 Å². The van der Waals surface area contributed by atoms with Crippen LogP contribution in [0.4, 0.5) is 0 Å². The Balaban J connectivity index is 0.00000385. The van der Waals surface area contributed by atoms with Gasteiger partial charge in [0.1, 0.15) is 17.6 Å². The zero-order valence-electron chi connectivity index (χ0n) is 19.9. The molecule has 3 rings (SSSR count). The van der Waals surface area contributed by atoms with E-state index in [1.54, 1.807) is 46.6 Å². The number of rotatable bonds is 8. The van der Waals surface area contributed by atoms with Crippen LogP contribution in [0.15, 0.2) is 35.3 Å². The van der Waals surface area contributed by atoms with Gasteiger partial charge in [-0.2, -0.15) is 0 Å². The number of ether oxygens (including phenoxy) is 4. The molecule has 2 aromatic carbocycles. The lowest BCUT2D eigenvalue weighted by Gasteiger charge is -2.32. The van der Waals surface area contributed by atoms with Crippen molar-refractivity contribution < 1.29 is 24.1 Å². The van der Waals surface area contributed by atoms with Crippen molar-refractivity contribution in [1.29, 1.82) is 0 Å². The summed E-state index contributed by atoms with van der Waals surface area (Å²) in [6.45, 7) is 4.46. The van der Waals surface area contributed by atoms with Crippen LogP contribution in [0.3, 0.4) is 0 Å². The first kappa shape index (κ1) is 26.8. The van der Waals surface area contributed by atoms with Gasteiger partial charge in [0.15, 0.2) is 17.5 Å². The molecule has 1 aliphatic rings. The third-order valence-electron chi connectivity index (χ3n) is 5.56. The smallest absolute Gasteiger partial charge is 0.194 e. The van der Waals surface area contributed by atoms with Gasteiger partial charge in [0, 0.05) is 25.2 Å². The molecule has 0 fully saturated rings. The van der Waals surface area contributed by atoms with Gasteiger partial charge in [0.05, 0.1) is 35.0 Å². The molecule has 182 valence electrons. The summed E-state index contributed by atoms with van der Waals surface area (Å²) >= 11 is 0. The first-order chi connectivity index (χ1) is 15.5. The van der Waals surface area contributed by atoms with Crippen molar-refractivity contribution in [3.8, 4) is 23.0 Å². The highest BCUT2D eigenvalue weighted by Crippen LogP contribution is 2.33. The van der Waals surface area contributed by atoms with Gasteiger partial charge in [0.25, 0.3) is 0 Å². The van der Waals surface area contributed by atoms with Crippen LogP contribution in [0, 0.1) is 0 Å². The van der Waals surface area contributed by atoms with Crippen LogP contribution >= 0.6 is 24.0 Å². The van der Waals surface area contributed by atoms with E-state index in [-0.39, 0.29) is 30.5 Å². The van der Waals surface area contributed by atoms with Crippen LogP contribution in [-0.4, -0.2) is 64.0 Å². The summed E-state index contributed by atoms with van der Waals surface area (Å²) in [6, 6.07) is 9.45. The molecule has 0 aliphatic carbocycles. The quantitative estimate of drug-likeness (QED) is 0.286. The number of hydrogen-bond donors (Lipinski definition) is 2. The van der Waals surface area contributed by atoms with Crippen molar-refractivity contribution >= 4 is 29.9 Å². The molecule has 0 spiro atoms. The predicted octanol–water partition coefficient (Wildman–Crippen LogP) is 3.40. The largest absolute Gasteiger partial charge is 0.497 e. The molecule has 0 saturated heterocycles. The van der Waals surface area contributed by atoms with Gasteiger partial charge >= 0.3 is 0 Å². The van der Waals surface area contributed by atoms with Gasteiger partial charge in [0.2, 0.25) is 0 Å². The van der Waals surface area contributed by atoms with Crippen LogP contribution < -0.4 is 24.3 Å². The summed E-state index contributed by atoms with van der Waals surface area (Å²) in [4.78, 5) is 6.91. The fraction of sp³-hybridized carbons (Fsp3) is 0.458. The van der Waals surface area contributed by atoms with Crippen LogP contribution in [0.1, 0.15) is 29.7 Å². The van der Waals surface area contributed by atoms with Crippen LogP contribution in [0.5, 0.6) is 23.0 Å². The van der Waals surface area contributed by atoms with Crippen molar-refractivity contribution in [3.63, 3.8) is 0 Å². The van der Waals surface area contributed by atoms with Crippen molar-refractivity contribution in [1.82, 2.24) is 10.2 Å².